The highest BCUT2D eigenvalue weighted by Gasteiger charge is 2.15. The highest BCUT2D eigenvalue weighted by molar-refractivity contribution is 5.92. The van der Waals surface area contributed by atoms with E-state index in [1.807, 2.05) is 0 Å². The van der Waals surface area contributed by atoms with Crippen molar-refractivity contribution in [2.75, 3.05) is 6.54 Å². The third-order valence-corrected chi connectivity index (χ3v) is 2.30. The van der Waals surface area contributed by atoms with Crippen LogP contribution in [0.5, 0.6) is 0 Å². The highest BCUT2D eigenvalue weighted by atomic mass is 16.6. The van der Waals surface area contributed by atoms with Crippen LogP contribution in [0, 0.1) is 20.2 Å². The lowest BCUT2D eigenvalue weighted by Crippen LogP contribution is -2.08. The van der Waals surface area contributed by atoms with E-state index >= 15 is 0 Å². The Morgan fingerprint density at radius 3 is 2.42 bits per heavy atom. The molecular weight excluding hydrogens is 256 g/mol. The van der Waals surface area contributed by atoms with Gasteiger partial charge in [-0.15, -0.1) is 0 Å². The van der Waals surface area contributed by atoms with Crippen LogP contribution >= 0.6 is 0 Å². The molecule has 1 rings (SSSR count). The molecule has 1 aromatic carbocycles. The molecule has 0 fully saturated rings. The summed E-state index contributed by atoms with van der Waals surface area (Å²) >= 11 is 0. The number of carbonyl (C=O) groups is 1. The predicted molar refractivity (Wildman–Crippen MR) is 65.2 cm³/mol. The van der Waals surface area contributed by atoms with Crippen LogP contribution in [0.25, 0.3) is 6.08 Å². The molecule has 0 aliphatic carbocycles. The second-order valence-electron chi connectivity index (χ2n) is 3.60. The van der Waals surface area contributed by atoms with Gasteiger partial charge < -0.3 is 5.11 Å². The number of nitro groups is 2. The average Bonchev–Trinajstić information content (AvgIpc) is 2.34. The Morgan fingerprint density at radius 2 is 1.89 bits per heavy atom. The Labute approximate surface area is 107 Å². The Bertz CT molecular complexity index is 552. The van der Waals surface area contributed by atoms with E-state index in [4.69, 9.17) is 5.11 Å². The summed E-state index contributed by atoms with van der Waals surface area (Å²) in [5.74, 6) is -1.33. The summed E-state index contributed by atoms with van der Waals surface area (Å²) in [6, 6.07) is 5.59. The Hall–Kier alpha value is -2.77. The van der Waals surface area contributed by atoms with Crippen molar-refractivity contribution in [3.8, 4) is 0 Å². The summed E-state index contributed by atoms with van der Waals surface area (Å²) in [6.07, 6.45) is 0.790. The lowest BCUT2D eigenvalue weighted by atomic mass is 10.1. The molecule has 0 spiro atoms. The van der Waals surface area contributed by atoms with Gasteiger partial charge in [-0.3, -0.25) is 20.2 Å². The molecule has 8 heteroatoms. The van der Waals surface area contributed by atoms with Crippen LogP contribution in [0.3, 0.4) is 0 Å². The minimum atomic E-state index is -1.33. The number of nitro benzene ring substituents is 1. The second kappa shape index (κ2) is 6.24. The molecule has 1 aromatic rings. The van der Waals surface area contributed by atoms with Gasteiger partial charge in [-0.05, 0) is 12.1 Å². The number of aliphatic carboxylic acids is 1. The van der Waals surface area contributed by atoms with Crippen molar-refractivity contribution in [1.29, 1.82) is 0 Å². The maximum atomic E-state index is 10.9. The number of carboxylic acid groups (broad SMARTS) is 1. The molecular formula is C11H10N2O6. The Kier molecular flexibility index (Phi) is 4.69. The Balaban J connectivity index is 3.11. The van der Waals surface area contributed by atoms with Gasteiger partial charge in [0.05, 0.1) is 10.5 Å². The normalized spacial score (nSPS) is 11.1. The monoisotopic (exact) mass is 266 g/mol. The molecule has 0 bridgehead atoms. The fraction of sp³-hybridized carbons (Fsp3) is 0.182. The van der Waals surface area contributed by atoms with Gasteiger partial charge in [0.1, 0.15) is 0 Å². The van der Waals surface area contributed by atoms with Crippen molar-refractivity contribution in [3.05, 3.63) is 55.6 Å². The predicted octanol–water partition coefficient (Wildman–Crippen LogP) is 1.73. The van der Waals surface area contributed by atoms with E-state index in [2.05, 4.69) is 0 Å². The maximum Gasteiger partial charge on any atom is 0.331 e. The smallest absolute Gasteiger partial charge is 0.331 e. The van der Waals surface area contributed by atoms with Gasteiger partial charge >= 0.3 is 5.97 Å². The zero-order chi connectivity index (χ0) is 14.4. The molecule has 0 saturated heterocycles. The van der Waals surface area contributed by atoms with Crippen molar-refractivity contribution in [2.45, 2.75) is 6.42 Å². The summed E-state index contributed by atoms with van der Waals surface area (Å²) in [5, 5.41) is 29.9. The molecule has 1 N–H and O–H groups in total. The third-order valence-electron chi connectivity index (χ3n) is 2.30. The molecule has 0 aliphatic heterocycles. The molecule has 0 atom stereocenters. The molecule has 19 heavy (non-hydrogen) atoms. The SMILES string of the molecule is O=C(O)/C(=C/c1ccccc1[N+](=O)[O-])CC[N+](=O)[O-]. The topological polar surface area (TPSA) is 124 Å². The van der Waals surface area contributed by atoms with Crippen molar-refractivity contribution >= 4 is 17.7 Å². The van der Waals surface area contributed by atoms with Gasteiger partial charge in [0, 0.05) is 23.0 Å². The standard InChI is InChI=1S/C11H10N2O6/c14-11(15)9(5-6-12(16)17)7-8-3-1-2-4-10(8)13(18)19/h1-4,7H,5-6H2,(H,14,15)/b9-7+. The summed E-state index contributed by atoms with van der Waals surface area (Å²) in [6.45, 7) is -0.543. The number of carboxylic acids is 1. The molecule has 0 amide bonds. The molecule has 0 heterocycles. The maximum absolute atomic E-state index is 10.9. The lowest BCUT2D eigenvalue weighted by Gasteiger charge is -2.01. The van der Waals surface area contributed by atoms with Crippen LogP contribution in [0.4, 0.5) is 5.69 Å². The minimum absolute atomic E-state index is 0.105. The zero-order valence-corrected chi connectivity index (χ0v) is 9.68. The fourth-order valence-electron chi connectivity index (χ4n) is 1.42. The summed E-state index contributed by atoms with van der Waals surface area (Å²) in [7, 11) is 0. The fourth-order valence-corrected chi connectivity index (χ4v) is 1.42. The summed E-state index contributed by atoms with van der Waals surface area (Å²) < 4.78 is 0. The van der Waals surface area contributed by atoms with Gasteiger partial charge in [0.2, 0.25) is 6.54 Å². The van der Waals surface area contributed by atoms with E-state index in [0.29, 0.717) is 0 Å². The van der Waals surface area contributed by atoms with E-state index < -0.39 is 22.4 Å². The Morgan fingerprint density at radius 1 is 1.26 bits per heavy atom. The van der Waals surface area contributed by atoms with Gasteiger partial charge in [0.25, 0.3) is 5.69 Å². The molecule has 0 aromatic heterocycles. The minimum Gasteiger partial charge on any atom is -0.478 e. The van der Waals surface area contributed by atoms with E-state index in [-0.39, 0.29) is 23.2 Å². The zero-order valence-electron chi connectivity index (χ0n) is 9.68. The average molecular weight is 266 g/mol. The number of hydrogen-bond donors (Lipinski definition) is 1. The molecule has 0 unspecified atom stereocenters. The molecule has 8 nitrogen and oxygen atoms in total. The van der Waals surface area contributed by atoms with Crippen LogP contribution in [-0.2, 0) is 4.79 Å². The first-order valence-electron chi connectivity index (χ1n) is 5.21. The summed E-state index contributed by atoms with van der Waals surface area (Å²) in [4.78, 5) is 30.6. The molecule has 0 radical (unpaired) electrons. The number of rotatable bonds is 6. The van der Waals surface area contributed by atoms with Crippen LogP contribution in [-0.4, -0.2) is 27.5 Å². The molecule has 0 saturated carbocycles. The van der Waals surface area contributed by atoms with Gasteiger partial charge in [-0.25, -0.2) is 4.79 Å². The summed E-state index contributed by atoms with van der Waals surface area (Å²) in [5.41, 5.74) is -0.387. The third kappa shape index (κ3) is 4.19. The van der Waals surface area contributed by atoms with E-state index in [1.54, 1.807) is 0 Å². The van der Waals surface area contributed by atoms with Crippen LogP contribution in [0.1, 0.15) is 12.0 Å². The molecule has 100 valence electrons. The van der Waals surface area contributed by atoms with Crippen LogP contribution in [0.2, 0.25) is 0 Å². The first-order valence-corrected chi connectivity index (χ1v) is 5.21. The van der Waals surface area contributed by atoms with E-state index in [1.165, 1.54) is 24.3 Å². The second-order valence-corrected chi connectivity index (χ2v) is 3.60. The number of hydrogen-bond acceptors (Lipinski definition) is 5. The van der Waals surface area contributed by atoms with Crippen LogP contribution < -0.4 is 0 Å². The lowest BCUT2D eigenvalue weighted by molar-refractivity contribution is -0.479. The van der Waals surface area contributed by atoms with E-state index in [0.717, 1.165) is 6.08 Å². The number of para-hydroxylation sites is 1. The largest absolute Gasteiger partial charge is 0.478 e. The molecule has 0 aliphatic rings. The van der Waals surface area contributed by atoms with Crippen molar-refractivity contribution in [3.63, 3.8) is 0 Å². The van der Waals surface area contributed by atoms with Gasteiger partial charge in [-0.2, -0.15) is 0 Å². The first kappa shape index (κ1) is 14.3. The van der Waals surface area contributed by atoms with Crippen molar-refractivity contribution < 1.29 is 19.7 Å². The van der Waals surface area contributed by atoms with Crippen molar-refractivity contribution in [1.82, 2.24) is 0 Å². The highest BCUT2D eigenvalue weighted by Crippen LogP contribution is 2.21. The van der Waals surface area contributed by atoms with Gasteiger partial charge in [-0.1, -0.05) is 12.1 Å². The van der Waals surface area contributed by atoms with Crippen molar-refractivity contribution in [2.24, 2.45) is 0 Å². The number of nitrogens with zero attached hydrogens (tertiary/aromatic N) is 2. The first-order chi connectivity index (χ1) is 8.91. The number of benzene rings is 1. The quantitative estimate of drug-likeness (QED) is 0.475. The van der Waals surface area contributed by atoms with Crippen LogP contribution in [0.15, 0.2) is 29.8 Å². The van der Waals surface area contributed by atoms with E-state index in [9.17, 15) is 25.0 Å². The van der Waals surface area contributed by atoms with Gasteiger partial charge in [0.15, 0.2) is 0 Å².